The molecule has 0 fully saturated rings. The summed E-state index contributed by atoms with van der Waals surface area (Å²) in [6.07, 6.45) is 0. The second-order valence-corrected chi connectivity index (χ2v) is 23.1. The van der Waals surface area contributed by atoms with E-state index in [1.165, 1.54) is 11.1 Å². The van der Waals surface area contributed by atoms with Gasteiger partial charge in [0.05, 0.1) is 47.8 Å². The highest BCUT2D eigenvalue weighted by atomic mass is 15.2. The van der Waals surface area contributed by atoms with Gasteiger partial charge >= 0.3 is 0 Å². The van der Waals surface area contributed by atoms with E-state index in [1.54, 1.807) is 0 Å². The molecule has 0 radical (unpaired) electrons. The second-order valence-electron chi connectivity index (χ2n) is 23.1. The largest absolute Gasteiger partial charge is 0.310 e. The van der Waals surface area contributed by atoms with Crippen LogP contribution in [0.4, 0.5) is 45.5 Å². The van der Waals surface area contributed by atoms with Crippen LogP contribution < -0.4 is 9.80 Å². The van der Waals surface area contributed by atoms with Crippen LogP contribution in [0.5, 0.6) is 0 Å². The smallest absolute Gasteiger partial charge is 0.187 e. The summed E-state index contributed by atoms with van der Waals surface area (Å²) in [4.78, 5) is 12.2. The van der Waals surface area contributed by atoms with Gasteiger partial charge in [0.15, 0.2) is 11.4 Å². The molecule has 82 heavy (non-hydrogen) atoms. The molecule has 0 saturated heterocycles. The van der Waals surface area contributed by atoms with Crippen LogP contribution in [0, 0.1) is 35.8 Å². The number of rotatable bonds is 10. The van der Waals surface area contributed by atoms with Crippen molar-refractivity contribution in [3.05, 3.63) is 276 Å². The van der Waals surface area contributed by atoms with Crippen LogP contribution in [0.2, 0.25) is 0 Å². The van der Waals surface area contributed by atoms with E-state index in [0.717, 1.165) is 111 Å². The van der Waals surface area contributed by atoms with E-state index in [4.69, 9.17) is 13.1 Å². The molecule has 0 bridgehead atoms. The third-order valence-electron chi connectivity index (χ3n) is 15.8. The molecule has 0 N–H and O–H groups in total. The molecule has 0 atom stereocenters. The Kier molecular flexibility index (Phi) is 13.2. The first kappa shape index (κ1) is 52.0. The molecule has 0 unspecified atom stereocenters. The number of nitriles is 2. The SMILES string of the molecule is [C-]#[N+]c1ccc(-c2cc(-c3ccc(C#N)cc3)cc(N(c3ccc(C(C)(C)C)cc3)c3ccc4ccc5c(N(c6ccc(C(C)(C)C)cc6)c6cc(-c7ccc(C#N)cc7)cc(-c7ccc([N+]#[C-])cc7)c6)ccc6ccc3c4c65)c2)cc1. The van der Waals surface area contributed by atoms with Crippen molar-refractivity contribution in [2.45, 2.75) is 52.4 Å². The van der Waals surface area contributed by atoms with Crippen molar-refractivity contribution in [1.82, 2.24) is 0 Å². The van der Waals surface area contributed by atoms with Gasteiger partial charge in [0, 0.05) is 33.5 Å². The molecule has 0 aromatic heterocycles. The van der Waals surface area contributed by atoms with E-state index in [1.807, 2.05) is 97.1 Å². The lowest BCUT2D eigenvalue weighted by molar-refractivity contribution is 0.590. The lowest BCUT2D eigenvalue weighted by atomic mass is 9.87. The highest BCUT2D eigenvalue weighted by Crippen LogP contribution is 2.50. The highest BCUT2D eigenvalue weighted by molar-refractivity contribution is 6.28. The quantitative estimate of drug-likeness (QED) is 0.101. The zero-order valence-corrected chi connectivity index (χ0v) is 46.6. The van der Waals surface area contributed by atoms with Gasteiger partial charge in [-0.05, 0) is 185 Å². The van der Waals surface area contributed by atoms with Gasteiger partial charge in [-0.25, -0.2) is 9.69 Å². The van der Waals surface area contributed by atoms with Crippen molar-refractivity contribution in [3.8, 4) is 56.6 Å². The molecule has 6 nitrogen and oxygen atoms in total. The fourth-order valence-electron chi connectivity index (χ4n) is 11.3. The van der Waals surface area contributed by atoms with E-state index in [-0.39, 0.29) is 10.8 Å². The zero-order chi connectivity index (χ0) is 56.9. The predicted molar refractivity (Wildman–Crippen MR) is 341 cm³/mol. The number of nitrogens with zero attached hydrogens (tertiary/aromatic N) is 6. The topological polar surface area (TPSA) is 62.8 Å². The molecule has 12 rings (SSSR count). The van der Waals surface area contributed by atoms with E-state index in [2.05, 4.69) is 207 Å². The van der Waals surface area contributed by atoms with Gasteiger partial charge in [0.25, 0.3) is 0 Å². The van der Waals surface area contributed by atoms with Crippen LogP contribution >= 0.6 is 0 Å². The Morgan fingerprint density at radius 1 is 0.329 bits per heavy atom. The van der Waals surface area contributed by atoms with Crippen molar-refractivity contribution in [1.29, 1.82) is 10.5 Å². The van der Waals surface area contributed by atoms with E-state index in [9.17, 15) is 10.5 Å². The highest BCUT2D eigenvalue weighted by Gasteiger charge is 2.25. The van der Waals surface area contributed by atoms with E-state index in [0.29, 0.717) is 22.5 Å². The number of benzene rings is 12. The lowest BCUT2D eigenvalue weighted by Crippen LogP contribution is -2.14. The lowest BCUT2D eigenvalue weighted by Gasteiger charge is -2.31. The van der Waals surface area contributed by atoms with Crippen molar-refractivity contribution in [3.63, 3.8) is 0 Å². The summed E-state index contributed by atoms with van der Waals surface area (Å²) in [5.41, 5.74) is 18.6. The number of hydrogen-bond donors (Lipinski definition) is 0. The fourth-order valence-corrected chi connectivity index (χ4v) is 11.3. The minimum absolute atomic E-state index is 0.0617. The van der Waals surface area contributed by atoms with Crippen molar-refractivity contribution in [2.24, 2.45) is 0 Å². The Labute approximate surface area is 480 Å². The van der Waals surface area contributed by atoms with Crippen molar-refractivity contribution < 1.29 is 0 Å². The predicted octanol–water partition coefficient (Wildman–Crippen LogP) is 21.6. The van der Waals surface area contributed by atoms with Gasteiger partial charge in [-0.1, -0.05) is 175 Å². The molecule has 390 valence electrons. The van der Waals surface area contributed by atoms with Crippen molar-refractivity contribution >= 4 is 77.8 Å². The van der Waals surface area contributed by atoms with Crippen LogP contribution in [-0.2, 0) is 10.8 Å². The maximum atomic E-state index is 9.77. The van der Waals surface area contributed by atoms with E-state index < -0.39 is 0 Å². The molecular weight excluding hydrogens is 997 g/mol. The van der Waals surface area contributed by atoms with Crippen LogP contribution in [-0.4, -0.2) is 0 Å². The number of hydrogen-bond acceptors (Lipinski definition) is 4. The maximum Gasteiger partial charge on any atom is 0.187 e. The Morgan fingerprint density at radius 2 is 0.634 bits per heavy atom. The Morgan fingerprint density at radius 3 is 0.927 bits per heavy atom. The molecule has 0 aliphatic carbocycles. The van der Waals surface area contributed by atoms with Crippen LogP contribution in [0.3, 0.4) is 0 Å². The Bertz CT molecular complexity index is 4120. The molecule has 0 amide bonds. The molecule has 0 aliphatic heterocycles. The molecule has 6 heteroatoms. The third-order valence-corrected chi connectivity index (χ3v) is 15.8. The first-order chi connectivity index (χ1) is 39.7. The molecule has 12 aromatic carbocycles. The third kappa shape index (κ3) is 9.82. The van der Waals surface area contributed by atoms with Gasteiger partial charge in [0.1, 0.15) is 0 Å². The van der Waals surface area contributed by atoms with Gasteiger partial charge in [0.2, 0.25) is 0 Å². The van der Waals surface area contributed by atoms with Crippen molar-refractivity contribution in [2.75, 3.05) is 9.80 Å². The fraction of sp³-hybridized carbons (Fsp3) is 0.105. The average Bonchev–Trinajstić information content (AvgIpc) is 2.13. The summed E-state index contributed by atoms with van der Waals surface area (Å²) in [6.45, 7) is 28.8. The summed E-state index contributed by atoms with van der Waals surface area (Å²) >= 11 is 0. The summed E-state index contributed by atoms with van der Waals surface area (Å²) in [5.74, 6) is 0. The second kappa shape index (κ2) is 20.8. The summed E-state index contributed by atoms with van der Waals surface area (Å²) < 4.78 is 0. The molecular formula is C76H56N6. The molecule has 12 aromatic rings. The Balaban J connectivity index is 1.11. The summed E-state index contributed by atoms with van der Waals surface area (Å²) in [7, 11) is 0. The van der Waals surface area contributed by atoms with Gasteiger partial charge in [-0.3, -0.25) is 0 Å². The molecule has 0 spiro atoms. The van der Waals surface area contributed by atoms with Gasteiger partial charge in [-0.2, -0.15) is 10.5 Å². The van der Waals surface area contributed by atoms with Gasteiger partial charge < -0.3 is 9.80 Å². The molecule has 0 saturated carbocycles. The minimum Gasteiger partial charge on any atom is -0.310 e. The number of anilines is 6. The van der Waals surface area contributed by atoms with Crippen LogP contribution in [0.25, 0.3) is 86.5 Å². The first-order valence-electron chi connectivity index (χ1n) is 27.5. The minimum atomic E-state index is -0.0617. The summed E-state index contributed by atoms with van der Waals surface area (Å²) in [6, 6.07) is 85.0. The monoisotopic (exact) mass is 1050 g/mol. The molecule has 0 heterocycles. The van der Waals surface area contributed by atoms with Crippen LogP contribution in [0.1, 0.15) is 63.8 Å². The first-order valence-corrected chi connectivity index (χ1v) is 27.5. The maximum absolute atomic E-state index is 9.77. The standard InChI is InChI=1S/C76H56N6/c1-75(2,3)61-25-33-65(34-26-61)81(67-43-57(51-13-9-49(47-77)10-14-51)41-59(45-67)53-17-29-63(79-7)30-18-53)71-39-23-55-22-38-70-72(40-24-56-21-37-69(71)73(55)74(56)70)82(66-35-27-62(28-36-66)76(4,5)6)68-44-58(52-15-11-50(48-78)12-16-52)42-60(46-68)54-19-31-64(80-8)32-20-54/h9-46H,1-6H3. The Hall–Kier alpha value is -10.8. The average molecular weight is 1050 g/mol. The molecule has 0 aliphatic rings. The zero-order valence-electron chi connectivity index (χ0n) is 46.6. The summed E-state index contributed by atoms with van der Waals surface area (Å²) in [5, 5.41) is 26.3. The van der Waals surface area contributed by atoms with E-state index >= 15 is 0 Å². The normalized spacial score (nSPS) is 11.5. The van der Waals surface area contributed by atoms with Gasteiger partial charge in [-0.15, -0.1) is 0 Å². The van der Waals surface area contributed by atoms with Crippen LogP contribution in [0.15, 0.2) is 231 Å².